The van der Waals surface area contributed by atoms with E-state index in [0.717, 1.165) is 0 Å². The van der Waals surface area contributed by atoms with Crippen molar-refractivity contribution < 1.29 is 62.9 Å². The fraction of sp³-hybridized carbons (Fsp3) is 0.545. The van der Waals surface area contributed by atoms with E-state index >= 15 is 0 Å². The first kappa shape index (κ1) is 79.5. The number of hydrogen-bond donors (Lipinski definition) is 17. The summed E-state index contributed by atoms with van der Waals surface area (Å²) in [4.78, 5) is 164. The number of aromatic amines is 2. The summed E-state index contributed by atoms with van der Waals surface area (Å²) in [5, 5.41) is 43.6. The number of carbonyl (C=O) groups is 10. The lowest BCUT2D eigenvalue weighted by Crippen LogP contribution is -2.60. The number of H-pyrrole nitrogens is 2. The number of carboxylic acids is 1. The van der Waals surface area contributed by atoms with Crippen LogP contribution in [-0.2, 0) is 73.8 Å². The lowest BCUT2D eigenvalue weighted by Gasteiger charge is -2.31. The van der Waals surface area contributed by atoms with E-state index in [1.807, 2.05) is 13.8 Å². The van der Waals surface area contributed by atoms with Gasteiger partial charge in [-0.1, -0.05) is 94.8 Å². The van der Waals surface area contributed by atoms with Crippen molar-refractivity contribution in [1.82, 2.24) is 67.4 Å². The Bertz CT molecular complexity index is 3260. The van der Waals surface area contributed by atoms with Crippen molar-refractivity contribution in [3.63, 3.8) is 0 Å². The van der Waals surface area contributed by atoms with Crippen LogP contribution in [0.3, 0.4) is 0 Å². The van der Waals surface area contributed by atoms with Crippen molar-refractivity contribution in [2.24, 2.45) is 50.5 Å². The van der Waals surface area contributed by atoms with Crippen molar-refractivity contribution in [3.8, 4) is 0 Å². The van der Waals surface area contributed by atoms with Crippen LogP contribution < -0.4 is 71.2 Å². The molecule has 1 saturated heterocycles. The summed E-state index contributed by atoms with van der Waals surface area (Å²) in [7, 11) is 0. The van der Waals surface area contributed by atoms with Gasteiger partial charge in [-0.05, 0) is 93.7 Å². The Kier molecular flexibility index (Phi) is 33.6. The number of aliphatic hydroxyl groups is 1. The first-order valence-corrected chi connectivity index (χ1v) is 33.4. The van der Waals surface area contributed by atoms with Crippen LogP contribution in [0.1, 0.15) is 127 Å². The van der Waals surface area contributed by atoms with Crippen LogP contribution in [0, 0.1) is 11.8 Å². The maximum absolute atomic E-state index is 14.9. The monoisotopic (exact) mass is 1380 g/mol. The number of amides is 9. The second-order valence-electron chi connectivity index (χ2n) is 25.0. The van der Waals surface area contributed by atoms with Gasteiger partial charge in [-0.25, -0.2) is 19.6 Å². The quantitative estimate of drug-likeness (QED) is 0.0144. The lowest BCUT2D eigenvalue weighted by atomic mass is 9.95. The fourth-order valence-corrected chi connectivity index (χ4v) is 11.1. The third-order valence-corrected chi connectivity index (χ3v) is 16.6. The summed E-state index contributed by atoms with van der Waals surface area (Å²) >= 11 is 0. The first-order valence-electron chi connectivity index (χ1n) is 33.4. The maximum atomic E-state index is 14.9. The number of nitrogens with zero attached hydrogens (tertiary/aromatic N) is 5. The number of carbonyl (C=O) groups excluding carboxylic acids is 9. The van der Waals surface area contributed by atoms with E-state index < -0.39 is 132 Å². The van der Waals surface area contributed by atoms with Gasteiger partial charge in [-0.15, -0.1) is 0 Å². The zero-order valence-electron chi connectivity index (χ0n) is 56.7. The second-order valence-corrected chi connectivity index (χ2v) is 25.0. The van der Waals surface area contributed by atoms with Gasteiger partial charge in [0.25, 0.3) is 0 Å². The molecule has 33 nitrogen and oxygen atoms in total. The highest BCUT2D eigenvalue weighted by Gasteiger charge is 2.41. The predicted octanol–water partition coefficient (Wildman–Crippen LogP) is -0.996. The van der Waals surface area contributed by atoms with Gasteiger partial charge in [0.1, 0.15) is 54.9 Å². The minimum absolute atomic E-state index is 0.0157. The molecular weight excluding hydrogens is 1280 g/mol. The number of aromatic nitrogens is 4. The minimum atomic E-state index is -1.57. The number of aliphatic imine (C=N–C) groups is 2. The van der Waals surface area contributed by atoms with Crippen LogP contribution in [0.15, 0.2) is 95.7 Å². The standard InChI is InChI=1S/C66H100N20O13/c1-5-40(4)55(61(94)83-51(32-44-35-73-38-77-44)58(91)79-47(63(96)97)21-12-13-25-67)85-54(88)33-53(87)48(29-39(2)3)80-59(92)50(31-43-34-72-37-76-43)81-57(90)49(30-41-17-8-6-9-18-41)82-60(93)52-24-16-28-86(52)62(95)46(23-15-27-75-65(70)71)78-56(89)45(22-14-26-74-64(68)69)84-66(98)99-36-42-19-10-7-11-20-42/h6-11,17-20,34-35,37-40,45-53,55,87H,5,12-16,21-33,36,67H2,1-4H3,(H,72,76)(H,73,77)(H,78,89)(H,79,91)(H,80,92)(H,81,90)(H,82,93)(H,83,94)(H,84,98)(H,85,88)(H,96,97)(H4,68,69,74)(H4,70,71,75)/t40-,45-,46-,47-,48-,49-,50-,51-,52-,53-,55-/m0/s1. The molecule has 99 heavy (non-hydrogen) atoms. The van der Waals surface area contributed by atoms with Gasteiger partial charge in [0.2, 0.25) is 47.3 Å². The Morgan fingerprint density at radius 2 is 1.14 bits per heavy atom. The molecule has 0 spiro atoms. The zero-order valence-corrected chi connectivity index (χ0v) is 56.7. The average molecular weight is 1380 g/mol. The van der Waals surface area contributed by atoms with Gasteiger partial charge in [-0.2, -0.15) is 0 Å². The van der Waals surface area contributed by atoms with Gasteiger partial charge in [-0.3, -0.25) is 48.3 Å². The highest BCUT2D eigenvalue weighted by molar-refractivity contribution is 5.97. The zero-order chi connectivity index (χ0) is 72.4. The van der Waals surface area contributed by atoms with Crippen molar-refractivity contribution in [2.75, 3.05) is 26.2 Å². The Balaban J connectivity index is 1.35. The smallest absolute Gasteiger partial charge is 0.408 e. The van der Waals surface area contributed by atoms with Crippen LogP contribution in [0.5, 0.6) is 0 Å². The number of benzene rings is 2. The molecule has 22 N–H and O–H groups in total. The maximum Gasteiger partial charge on any atom is 0.408 e. The molecule has 542 valence electrons. The summed E-state index contributed by atoms with van der Waals surface area (Å²) < 4.78 is 5.42. The summed E-state index contributed by atoms with van der Waals surface area (Å²) in [6, 6.07) is 6.12. The minimum Gasteiger partial charge on any atom is -0.480 e. The Morgan fingerprint density at radius 1 is 0.626 bits per heavy atom. The molecule has 0 aliphatic carbocycles. The molecule has 2 aromatic carbocycles. The van der Waals surface area contributed by atoms with Crippen molar-refractivity contribution in [1.29, 1.82) is 0 Å². The molecule has 1 aliphatic heterocycles. The Labute approximate surface area is 575 Å². The number of carboxylic acid groups (broad SMARTS) is 1. The average Bonchev–Trinajstić information content (AvgIpc) is 1.78. The van der Waals surface area contributed by atoms with E-state index in [1.165, 1.54) is 29.9 Å². The molecule has 5 rings (SSSR count). The Hall–Kier alpha value is -10.2. The number of guanidine groups is 2. The van der Waals surface area contributed by atoms with Gasteiger partial charge < -0.3 is 101 Å². The molecular formula is C66H100N20O13. The number of hydrogen-bond acceptors (Lipinski definition) is 17. The predicted molar refractivity (Wildman–Crippen MR) is 366 cm³/mol. The van der Waals surface area contributed by atoms with E-state index in [-0.39, 0.29) is 108 Å². The topological polar surface area (TPSA) is 532 Å². The fourth-order valence-electron chi connectivity index (χ4n) is 11.1. The third kappa shape index (κ3) is 28.1. The van der Waals surface area contributed by atoms with Crippen LogP contribution >= 0.6 is 0 Å². The van der Waals surface area contributed by atoms with Crippen LogP contribution in [0.4, 0.5) is 4.79 Å². The molecule has 1 aliphatic rings. The van der Waals surface area contributed by atoms with E-state index in [0.29, 0.717) is 54.7 Å². The number of imidazole rings is 2. The number of nitrogens with one attached hydrogen (secondary N) is 10. The number of likely N-dealkylation sites (tertiary alicyclic amines) is 1. The molecule has 0 unspecified atom stereocenters. The van der Waals surface area contributed by atoms with Gasteiger partial charge in [0.05, 0.1) is 31.2 Å². The highest BCUT2D eigenvalue weighted by atomic mass is 16.5. The van der Waals surface area contributed by atoms with Crippen molar-refractivity contribution in [2.45, 2.75) is 191 Å². The third-order valence-electron chi connectivity index (χ3n) is 16.6. The molecule has 4 aromatic rings. The molecule has 0 bridgehead atoms. The molecule has 9 amide bonds. The molecule has 1 fully saturated rings. The van der Waals surface area contributed by atoms with E-state index in [2.05, 4.69) is 72.5 Å². The molecule has 2 aromatic heterocycles. The Morgan fingerprint density at radius 3 is 1.68 bits per heavy atom. The van der Waals surface area contributed by atoms with Crippen molar-refractivity contribution in [3.05, 3.63) is 108 Å². The number of aliphatic carboxylic acids is 1. The van der Waals surface area contributed by atoms with E-state index in [9.17, 15) is 58.2 Å². The summed E-state index contributed by atoms with van der Waals surface area (Å²) in [5.74, 6) is -8.43. The number of ether oxygens (including phenoxy) is 1. The SMILES string of the molecule is CC[C@H](C)[C@H](NC(=O)C[C@H](O)[C@H](CC(C)C)NC(=O)[C@H](Cc1cnc[nH]1)NC(=O)[C@H](Cc1ccccc1)NC(=O)[C@@H]1CCCN1C(=O)[C@H](CCCN=C(N)N)NC(=O)[C@H](CCCN=C(N)N)NC(=O)OCc1ccccc1)C(=O)N[C@@H](Cc1cnc[nH]1)C(=O)N[C@@H](CCCCN)C(=O)O. The number of aliphatic hydroxyl groups excluding tert-OH is 1. The number of alkyl carbamates (subject to hydrolysis) is 1. The molecule has 3 heterocycles. The van der Waals surface area contributed by atoms with Crippen LogP contribution in [0.25, 0.3) is 0 Å². The first-order chi connectivity index (χ1) is 47.3. The van der Waals surface area contributed by atoms with E-state index in [4.69, 9.17) is 33.4 Å². The molecule has 0 radical (unpaired) electrons. The summed E-state index contributed by atoms with van der Waals surface area (Å²) in [6.07, 6.45) is 4.60. The van der Waals surface area contributed by atoms with Gasteiger partial charge >= 0.3 is 12.1 Å². The second kappa shape index (κ2) is 41.8. The van der Waals surface area contributed by atoms with Crippen LogP contribution in [0.2, 0.25) is 0 Å². The number of rotatable bonds is 43. The molecule has 33 heteroatoms. The molecule has 0 saturated carbocycles. The van der Waals surface area contributed by atoms with E-state index in [1.54, 1.807) is 74.5 Å². The largest absolute Gasteiger partial charge is 0.480 e. The van der Waals surface area contributed by atoms with Gasteiger partial charge in [0, 0.05) is 62.7 Å². The summed E-state index contributed by atoms with van der Waals surface area (Å²) in [5.41, 5.74) is 30.1. The lowest BCUT2D eigenvalue weighted by molar-refractivity contribution is -0.142. The van der Waals surface area contributed by atoms with Gasteiger partial charge in [0.15, 0.2) is 11.9 Å². The van der Waals surface area contributed by atoms with Crippen LogP contribution in [-0.4, -0.2) is 193 Å². The van der Waals surface area contributed by atoms with Crippen molar-refractivity contribution >= 4 is 71.2 Å². The normalized spacial score (nSPS) is 15.7. The number of nitrogens with two attached hydrogens (primary N) is 5. The molecule has 11 atom stereocenters. The highest BCUT2D eigenvalue weighted by Crippen LogP contribution is 2.22. The summed E-state index contributed by atoms with van der Waals surface area (Å²) in [6.45, 7) is 7.63. The number of unbranched alkanes of at least 4 members (excludes halogenated alkanes) is 1.